The third-order valence-corrected chi connectivity index (χ3v) is 2.65. The molecular formula is C11H9BrO3. The highest BCUT2D eigenvalue weighted by atomic mass is 79.9. The van der Waals surface area contributed by atoms with E-state index >= 15 is 0 Å². The zero-order valence-corrected chi connectivity index (χ0v) is 9.71. The van der Waals surface area contributed by atoms with Gasteiger partial charge in [0.25, 0.3) is 0 Å². The lowest BCUT2D eigenvalue weighted by molar-refractivity contribution is -0.118. The van der Waals surface area contributed by atoms with Crippen LogP contribution in [0, 0.1) is 0 Å². The topological polar surface area (TPSA) is 39.4 Å². The fraction of sp³-hybridized carbons (Fsp3) is 0.182. The van der Waals surface area contributed by atoms with Gasteiger partial charge in [-0.1, -0.05) is 15.9 Å². The first-order valence-electron chi connectivity index (χ1n) is 4.46. The van der Waals surface area contributed by atoms with Gasteiger partial charge >= 0.3 is 0 Å². The van der Waals surface area contributed by atoms with E-state index in [0.29, 0.717) is 11.3 Å². The Morgan fingerprint density at radius 3 is 3.00 bits per heavy atom. The minimum Gasteiger partial charge on any atom is -0.482 e. The second kappa shape index (κ2) is 4.06. The maximum Gasteiger partial charge on any atom is 0.176 e. The molecule has 0 saturated carbocycles. The summed E-state index contributed by atoms with van der Waals surface area (Å²) in [5.41, 5.74) is 0.658. The van der Waals surface area contributed by atoms with Gasteiger partial charge in [0.15, 0.2) is 17.1 Å². The molecule has 0 atom stereocenters. The van der Waals surface area contributed by atoms with Crippen LogP contribution in [0.25, 0.3) is 11.0 Å². The number of furan rings is 1. The van der Waals surface area contributed by atoms with E-state index in [0.717, 1.165) is 9.86 Å². The van der Waals surface area contributed by atoms with E-state index in [2.05, 4.69) is 15.9 Å². The summed E-state index contributed by atoms with van der Waals surface area (Å²) in [6, 6.07) is 5.49. The molecule has 15 heavy (non-hydrogen) atoms. The van der Waals surface area contributed by atoms with E-state index in [4.69, 9.17) is 9.15 Å². The molecular weight excluding hydrogens is 260 g/mol. The monoisotopic (exact) mass is 268 g/mol. The molecule has 0 aliphatic rings. The van der Waals surface area contributed by atoms with Crippen molar-refractivity contribution in [3.05, 3.63) is 28.9 Å². The van der Waals surface area contributed by atoms with Crippen molar-refractivity contribution < 1.29 is 13.9 Å². The smallest absolute Gasteiger partial charge is 0.176 e. The van der Waals surface area contributed by atoms with Crippen molar-refractivity contribution >= 4 is 32.7 Å². The lowest BCUT2D eigenvalue weighted by Gasteiger charge is -2.04. The van der Waals surface area contributed by atoms with Gasteiger partial charge in [-0.15, -0.1) is 0 Å². The highest BCUT2D eigenvalue weighted by Crippen LogP contribution is 2.32. The maximum atomic E-state index is 10.8. The molecule has 0 saturated heterocycles. The first-order valence-corrected chi connectivity index (χ1v) is 5.25. The molecule has 1 aromatic carbocycles. The number of carbonyl (C=O) groups excluding carboxylic acids is 1. The maximum absolute atomic E-state index is 10.8. The second-order valence-corrected chi connectivity index (χ2v) is 4.05. The van der Waals surface area contributed by atoms with Crippen LogP contribution in [0.1, 0.15) is 6.92 Å². The summed E-state index contributed by atoms with van der Waals surface area (Å²) in [4.78, 5) is 10.8. The SMILES string of the molecule is CC(=O)COc1ccc(Br)c2ccoc12. The molecule has 0 aliphatic heterocycles. The average molecular weight is 269 g/mol. The number of ketones is 1. The predicted octanol–water partition coefficient (Wildman–Crippen LogP) is 3.16. The standard InChI is InChI=1S/C11H9BrO3/c1-7(13)6-15-10-3-2-9(12)8-4-5-14-11(8)10/h2-5H,6H2,1H3. The number of fused-ring (bicyclic) bond motifs is 1. The largest absolute Gasteiger partial charge is 0.482 e. The van der Waals surface area contributed by atoms with Crippen molar-refractivity contribution in [1.29, 1.82) is 0 Å². The lowest BCUT2D eigenvalue weighted by atomic mass is 10.2. The van der Waals surface area contributed by atoms with Crippen molar-refractivity contribution in [2.24, 2.45) is 0 Å². The summed E-state index contributed by atoms with van der Waals surface area (Å²) in [5.74, 6) is 0.575. The third-order valence-electron chi connectivity index (χ3n) is 1.96. The average Bonchev–Trinajstić information content (AvgIpc) is 2.66. The zero-order chi connectivity index (χ0) is 10.8. The molecule has 2 rings (SSSR count). The number of halogens is 1. The molecule has 1 heterocycles. The number of rotatable bonds is 3. The van der Waals surface area contributed by atoms with Crippen LogP contribution in [0.5, 0.6) is 5.75 Å². The highest BCUT2D eigenvalue weighted by molar-refractivity contribution is 9.10. The first kappa shape index (κ1) is 10.2. The molecule has 0 amide bonds. The fourth-order valence-electron chi connectivity index (χ4n) is 1.30. The van der Waals surface area contributed by atoms with Crippen LogP contribution in [0.15, 0.2) is 33.4 Å². The van der Waals surface area contributed by atoms with E-state index in [1.807, 2.05) is 12.1 Å². The molecule has 0 bridgehead atoms. The molecule has 2 aromatic rings. The number of carbonyl (C=O) groups is 1. The van der Waals surface area contributed by atoms with Crippen LogP contribution in [-0.2, 0) is 4.79 Å². The third kappa shape index (κ3) is 2.04. The first-order chi connectivity index (χ1) is 7.18. The van der Waals surface area contributed by atoms with Crippen LogP contribution in [0.3, 0.4) is 0 Å². The van der Waals surface area contributed by atoms with Gasteiger partial charge in [0.1, 0.15) is 6.61 Å². The molecule has 1 aromatic heterocycles. The molecule has 3 nitrogen and oxygen atoms in total. The van der Waals surface area contributed by atoms with Crippen LogP contribution in [0.2, 0.25) is 0 Å². The molecule has 0 N–H and O–H groups in total. The summed E-state index contributed by atoms with van der Waals surface area (Å²) in [7, 11) is 0. The van der Waals surface area contributed by atoms with Gasteiger partial charge in [0.05, 0.1) is 6.26 Å². The summed E-state index contributed by atoms with van der Waals surface area (Å²) in [6.07, 6.45) is 1.59. The Bertz CT molecular complexity index is 502. The Morgan fingerprint density at radius 2 is 2.27 bits per heavy atom. The Morgan fingerprint density at radius 1 is 1.47 bits per heavy atom. The van der Waals surface area contributed by atoms with Gasteiger partial charge in [-0.2, -0.15) is 0 Å². The Hall–Kier alpha value is -1.29. The van der Waals surface area contributed by atoms with Crippen molar-refractivity contribution in [1.82, 2.24) is 0 Å². The normalized spacial score (nSPS) is 10.5. The Kier molecular flexibility index (Phi) is 2.77. The second-order valence-electron chi connectivity index (χ2n) is 3.20. The predicted molar refractivity (Wildman–Crippen MR) is 60.1 cm³/mol. The molecule has 4 heteroatoms. The number of hydrogen-bond acceptors (Lipinski definition) is 3. The highest BCUT2D eigenvalue weighted by Gasteiger charge is 2.08. The van der Waals surface area contributed by atoms with E-state index in [-0.39, 0.29) is 12.4 Å². The number of Topliss-reactive ketones (excluding diaryl/α,β-unsaturated/α-hetero) is 1. The van der Waals surface area contributed by atoms with Gasteiger partial charge in [0.2, 0.25) is 0 Å². The molecule has 0 fully saturated rings. The van der Waals surface area contributed by atoms with E-state index < -0.39 is 0 Å². The number of ether oxygens (including phenoxy) is 1. The fourth-order valence-corrected chi connectivity index (χ4v) is 1.74. The van der Waals surface area contributed by atoms with Crippen LogP contribution in [0.4, 0.5) is 0 Å². The van der Waals surface area contributed by atoms with Crippen molar-refractivity contribution in [2.75, 3.05) is 6.61 Å². The lowest BCUT2D eigenvalue weighted by Crippen LogP contribution is -2.06. The summed E-state index contributed by atoms with van der Waals surface area (Å²) in [5, 5.41) is 0.941. The summed E-state index contributed by atoms with van der Waals surface area (Å²) < 4.78 is 11.6. The van der Waals surface area contributed by atoms with E-state index in [9.17, 15) is 4.79 Å². The van der Waals surface area contributed by atoms with E-state index in [1.165, 1.54) is 6.92 Å². The number of hydrogen-bond donors (Lipinski definition) is 0. The zero-order valence-electron chi connectivity index (χ0n) is 8.12. The van der Waals surface area contributed by atoms with Crippen LogP contribution >= 0.6 is 15.9 Å². The van der Waals surface area contributed by atoms with Crippen LogP contribution in [-0.4, -0.2) is 12.4 Å². The minimum absolute atomic E-state index is 0.0161. The molecule has 0 aliphatic carbocycles. The van der Waals surface area contributed by atoms with Gasteiger partial charge in [0, 0.05) is 9.86 Å². The summed E-state index contributed by atoms with van der Waals surface area (Å²) in [6.45, 7) is 1.55. The molecule has 0 unspecified atom stereocenters. The van der Waals surface area contributed by atoms with Gasteiger partial charge in [-0.05, 0) is 25.1 Å². The molecule has 0 radical (unpaired) electrons. The molecule has 78 valence electrons. The van der Waals surface area contributed by atoms with Crippen LogP contribution < -0.4 is 4.74 Å². The van der Waals surface area contributed by atoms with Crippen molar-refractivity contribution in [2.45, 2.75) is 6.92 Å². The quantitative estimate of drug-likeness (QED) is 0.859. The van der Waals surface area contributed by atoms with Crippen molar-refractivity contribution in [3.63, 3.8) is 0 Å². The summed E-state index contributed by atoms with van der Waals surface area (Å²) >= 11 is 3.41. The van der Waals surface area contributed by atoms with Crippen molar-refractivity contribution in [3.8, 4) is 5.75 Å². The minimum atomic E-state index is -0.0161. The Labute approximate surface area is 95.1 Å². The Balaban J connectivity index is 2.39. The van der Waals surface area contributed by atoms with Gasteiger partial charge in [-0.25, -0.2) is 0 Å². The molecule has 0 spiro atoms. The van der Waals surface area contributed by atoms with E-state index in [1.54, 1.807) is 12.3 Å². The van der Waals surface area contributed by atoms with Gasteiger partial charge in [-0.3, -0.25) is 4.79 Å². The number of benzene rings is 1. The van der Waals surface area contributed by atoms with Gasteiger partial charge < -0.3 is 9.15 Å².